The molecular formula is C21H22ClFN4O. The fourth-order valence-electron chi connectivity index (χ4n) is 3.66. The normalized spacial score (nSPS) is 14.6. The first kappa shape index (κ1) is 20.0. The van der Waals surface area contributed by atoms with Crippen LogP contribution in [0.15, 0.2) is 54.9 Å². The molecule has 1 saturated heterocycles. The smallest absolute Gasteiger partial charge is 0.253 e. The van der Waals surface area contributed by atoms with Gasteiger partial charge in [0.05, 0.1) is 11.4 Å². The number of aryl methyl sites for hydroxylation is 1. The van der Waals surface area contributed by atoms with E-state index in [2.05, 4.69) is 10.1 Å². The number of halogens is 2. The van der Waals surface area contributed by atoms with Crippen LogP contribution in [0, 0.1) is 5.82 Å². The Bertz CT molecular complexity index is 952. The maximum atomic E-state index is 13.5. The van der Waals surface area contributed by atoms with Crippen molar-refractivity contribution in [1.82, 2.24) is 19.7 Å². The van der Waals surface area contributed by atoms with E-state index in [1.54, 1.807) is 35.3 Å². The zero-order chi connectivity index (χ0) is 18.8. The molecule has 2 aromatic heterocycles. The Morgan fingerprint density at radius 3 is 2.50 bits per heavy atom. The van der Waals surface area contributed by atoms with Gasteiger partial charge in [0, 0.05) is 49.6 Å². The second-order valence-electron chi connectivity index (χ2n) is 6.89. The molecule has 1 fully saturated rings. The van der Waals surface area contributed by atoms with Crippen molar-refractivity contribution in [3.63, 3.8) is 0 Å². The van der Waals surface area contributed by atoms with Crippen molar-refractivity contribution in [2.45, 2.75) is 18.8 Å². The molecule has 0 radical (unpaired) electrons. The zero-order valence-electron chi connectivity index (χ0n) is 15.6. The van der Waals surface area contributed by atoms with Crippen molar-refractivity contribution in [3.05, 3.63) is 71.9 Å². The number of piperidine rings is 1. The molecule has 1 amide bonds. The van der Waals surface area contributed by atoms with Crippen LogP contribution in [0.1, 0.15) is 34.8 Å². The van der Waals surface area contributed by atoms with Gasteiger partial charge in [-0.3, -0.25) is 14.5 Å². The molecular weight excluding hydrogens is 379 g/mol. The van der Waals surface area contributed by atoms with Crippen molar-refractivity contribution in [2.75, 3.05) is 13.1 Å². The summed E-state index contributed by atoms with van der Waals surface area (Å²) in [6, 6.07) is 12.1. The van der Waals surface area contributed by atoms with Crippen molar-refractivity contribution < 1.29 is 9.18 Å². The molecule has 3 heterocycles. The standard InChI is InChI=1S/C21H21FN4O.ClH/c1-25-20(17-3-2-4-18(22)13-17)14-19(24-25)15-7-11-26(12-8-15)21(27)16-5-9-23-10-6-16;/h2-6,9-10,13-15H,7-8,11-12H2,1H3;1H. The number of carbonyl (C=O) groups is 1. The summed E-state index contributed by atoms with van der Waals surface area (Å²) in [6.07, 6.45) is 5.02. The molecule has 28 heavy (non-hydrogen) atoms. The molecule has 1 aromatic carbocycles. The summed E-state index contributed by atoms with van der Waals surface area (Å²) in [5.41, 5.74) is 3.41. The Morgan fingerprint density at radius 1 is 1.11 bits per heavy atom. The van der Waals surface area contributed by atoms with Gasteiger partial charge in [-0.1, -0.05) is 12.1 Å². The maximum Gasteiger partial charge on any atom is 0.253 e. The number of hydrogen-bond acceptors (Lipinski definition) is 3. The van der Waals surface area contributed by atoms with Crippen LogP contribution in [-0.2, 0) is 7.05 Å². The van der Waals surface area contributed by atoms with Gasteiger partial charge < -0.3 is 4.90 Å². The first-order chi connectivity index (χ1) is 13.1. The molecule has 0 unspecified atom stereocenters. The lowest BCUT2D eigenvalue weighted by atomic mass is 9.93. The molecule has 0 saturated carbocycles. The highest BCUT2D eigenvalue weighted by Gasteiger charge is 2.26. The van der Waals surface area contributed by atoms with Crippen molar-refractivity contribution in [1.29, 1.82) is 0 Å². The lowest BCUT2D eigenvalue weighted by Crippen LogP contribution is -2.38. The molecule has 0 N–H and O–H groups in total. The number of nitrogens with zero attached hydrogens (tertiary/aromatic N) is 4. The van der Waals surface area contributed by atoms with E-state index in [1.807, 2.05) is 24.1 Å². The van der Waals surface area contributed by atoms with Crippen LogP contribution in [0.2, 0.25) is 0 Å². The second-order valence-corrected chi connectivity index (χ2v) is 6.89. The van der Waals surface area contributed by atoms with Crippen LogP contribution in [0.3, 0.4) is 0 Å². The predicted octanol–water partition coefficient (Wildman–Crippen LogP) is 4.06. The molecule has 4 rings (SSSR count). The van der Waals surface area contributed by atoms with Crippen molar-refractivity contribution in [3.8, 4) is 11.3 Å². The number of amides is 1. The SMILES string of the molecule is Cl.Cn1nc(C2CCN(C(=O)c3ccncc3)CC2)cc1-c1cccc(F)c1. The average molecular weight is 401 g/mol. The van der Waals surface area contributed by atoms with E-state index < -0.39 is 0 Å². The Hall–Kier alpha value is -2.73. The highest BCUT2D eigenvalue weighted by atomic mass is 35.5. The Morgan fingerprint density at radius 2 is 1.82 bits per heavy atom. The van der Waals surface area contributed by atoms with E-state index in [9.17, 15) is 9.18 Å². The third-order valence-electron chi connectivity index (χ3n) is 5.15. The number of carbonyl (C=O) groups excluding carboxylic acids is 1. The van der Waals surface area contributed by atoms with Gasteiger partial charge in [-0.25, -0.2) is 4.39 Å². The molecule has 0 atom stereocenters. The van der Waals surface area contributed by atoms with E-state index in [4.69, 9.17) is 0 Å². The quantitative estimate of drug-likeness (QED) is 0.666. The Labute approximate surface area is 169 Å². The Kier molecular flexibility index (Phi) is 6.09. The monoisotopic (exact) mass is 400 g/mol. The predicted molar refractivity (Wildman–Crippen MR) is 108 cm³/mol. The third-order valence-corrected chi connectivity index (χ3v) is 5.15. The molecule has 1 aliphatic rings. The molecule has 5 nitrogen and oxygen atoms in total. The van der Waals surface area contributed by atoms with E-state index in [-0.39, 0.29) is 24.1 Å². The van der Waals surface area contributed by atoms with Gasteiger partial charge in [0.25, 0.3) is 5.91 Å². The number of rotatable bonds is 3. The fraction of sp³-hybridized carbons (Fsp3) is 0.286. The minimum Gasteiger partial charge on any atom is -0.339 e. The van der Waals surface area contributed by atoms with Crippen LogP contribution >= 0.6 is 12.4 Å². The number of pyridine rings is 1. The summed E-state index contributed by atoms with van der Waals surface area (Å²) in [5, 5.41) is 4.65. The number of hydrogen-bond donors (Lipinski definition) is 0. The largest absolute Gasteiger partial charge is 0.339 e. The summed E-state index contributed by atoms with van der Waals surface area (Å²) < 4.78 is 15.3. The molecule has 3 aromatic rings. The van der Waals surface area contributed by atoms with Gasteiger partial charge in [-0.15, -0.1) is 12.4 Å². The number of benzene rings is 1. The third kappa shape index (κ3) is 4.07. The van der Waals surface area contributed by atoms with Gasteiger partial charge in [0.15, 0.2) is 0 Å². The van der Waals surface area contributed by atoms with Gasteiger partial charge in [0.1, 0.15) is 5.82 Å². The van der Waals surface area contributed by atoms with Gasteiger partial charge in [-0.2, -0.15) is 5.10 Å². The van der Waals surface area contributed by atoms with Gasteiger partial charge in [0.2, 0.25) is 0 Å². The molecule has 0 spiro atoms. The van der Waals surface area contributed by atoms with E-state index in [1.165, 1.54) is 12.1 Å². The molecule has 146 valence electrons. The van der Waals surface area contributed by atoms with Crippen molar-refractivity contribution in [2.24, 2.45) is 7.05 Å². The molecule has 0 aliphatic carbocycles. The van der Waals surface area contributed by atoms with E-state index >= 15 is 0 Å². The van der Waals surface area contributed by atoms with Crippen LogP contribution in [0.25, 0.3) is 11.3 Å². The average Bonchev–Trinajstić information content (AvgIpc) is 3.10. The van der Waals surface area contributed by atoms with Crippen LogP contribution in [-0.4, -0.2) is 38.7 Å². The lowest BCUT2D eigenvalue weighted by molar-refractivity contribution is 0.0712. The summed E-state index contributed by atoms with van der Waals surface area (Å²) >= 11 is 0. The fourth-order valence-corrected chi connectivity index (χ4v) is 3.66. The lowest BCUT2D eigenvalue weighted by Gasteiger charge is -2.31. The van der Waals surface area contributed by atoms with Crippen molar-refractivity contribution >= 4 is 18.3 Å². The maximum absolute atomic E-state index is 13.5. The second kappa shape index (κ2) is 8.52. The zero-order valence-corrected chi connectivity index (χ0v) is 16.4. The molecule has 7 heteroatoms. The summed E-state index contributed by atoms with van der Waals surface area (Å²) in [6.45, 7) is 1.41. The van der Waals surface area contributed by atoms with Crippen LogP contribution in [0.5, 0.6) is 0 Å². The van der Waals surface area contributed by atoms with Gasteiger partial charge >= 0.3 is 0 Å². The Balaban J connectivity index is 0.00000225. The summed E-state index contributed by atoms with van der Waals surface area (Å²) in [5.74, 6) is 0.107. The minimum atomic E-state index is -0.252. The number of likely N-dealkylation sites (tertiary alicyclic amines) is 1. The topological polar surface area (TPSA) is 51.0 Å². The highest BCUT2D eigenvalue weighted by molar-refractivity contribution is 5.94. The van der Waals surface area contributed by atoms with E-state index in [0.29, 0.717) is 24.6 Å². The highest BCUT2D eigenvalue weighted by Crippen LogP contribution is 2.31. The minimum absolute atomic E-state index is 0. The van der Waals surface area contributed by atoms with Gasteiger partial charge in [-0.05, 0) is 43.2 Å². The molecule has 0 bridgehead atoms. The summed E-state index contributed by atoms with van der Waals surface area (Å²) in [7, 11) is 1.88. The van der Waals surface area contributed by atoms with E-state index in [0.717, 1.165) is 29.8 Å². The first-order valence-corrected chi connectivity index (χ1v) is 9.11. The molecule has 1 aliphatic heterocycles. The first-order valence-electron chi connectivity index (χ1n) is 9.11. The van der Waals surface area contributed by atoms with Crippen LogP contribution < -0.4 is 0 Å². The van der Waals surface area contributed by atoms with Crippen LogP contribution in [0.4, 0.5) is 4.39 Å². The summed E-state index contributed by atoms with van der Waals surface area (Å²) in [4.78, 5) is 18.4. The number of aromatic nitrogens is 3.